The van der Waals surface area contributed by atoms with E-state index in [9.17, 15) is 0 Å². The minimum atomic E-state index is 0.576. The van der Waals surface area contributed by atoms with Gasteiger partial charge in [-0.05, 0) is 43.5 Å². The van der Waals surface area contributed by atoms with Gasteiger partial charge in [0, 0.05) is 18.7 Å². The number of piperidine rings is 1. The molecule has 3 rings (SSSR count). The lowest BCUT2D eigenvalue weighted by molar-refractivity contribution is 0.122. The zero-order valence-corrected chi connectivity index (χ0v) is 14.2. The maximum absolute atomic E-state index is 5.87. The Morgan fingerprint density at radius 1 is 1.00 bits per heavy atom. The van der Waals surface area contributed by atoms with Crippen LogP contribution in [0.25, 0.3) is 0 Å². The Morgan fingerprint density at radius 3 is 2.62 bits per heavy atom. The average Bonchev–Trinajstić information content (AvgIpc) is 2.60. The van der Waals surface area contributed by atoms with Crippen molar-refractivity contribution in [3.63, 3.8) is 0 Å². The molecule has 1 aliphatic heterocycles. The number of likely N-dealkylation sites (tertiary alicyclic amines) is 1. The second-order valence-electron chi connectivity index (χ2n) is 6.51. The molecule has 0 aromatic heterocycles. The second-order valence-corrected chi connectivity index (χ2v) is 6.51. The number of hydrogen-bond donors (Lipinski definition) is 2. The Bertz CT molecular complexity index is 645. The predicted molar refractivity (Wildman–Crippen MR) is 100 cm³/mol. The minimum Gasteiger partial charge on any atom is -0.492 e. The van der Waals surface area contributed by atoms with Crippen LogP contribution in [0.15, 0.2) is 48.5 Å². The van der Waals surface area contributed by atoms with Crippen molar-refractivity contribution in [1.29, 1.82) is 0 Å². The van der Waals surface area contributed by atoms with E-state index in [-0.39, 0.29) is 0 Å². The molecule has 1 atom stereocenters. The zero-order valence-electron chi connectivity index (χ0n) is 14.2. The molecule has 0 saturated carbocycles. The van der Waals surface area contributed by atoms with Crippen LogP contribution < -0.4 is 16.2 Å². The number of hydrogen-bond acceptors (Lipinski definition) is 4. The molecule has 24 heavy (non-hydrogen) atoms. The highest BCUT2D eigenvalue weighted by molar-refractivity contribution is 5.65. The van der Waals surface area contributed by atoms with Crippen molar-refractivity contribution in [3.05, 3.63) is 54.1 Å². The summed E-state index contributed by atoms with van der Waals surface area (Å²) in [5, 5.41) is 0. The molecular formula is C20H27N3O. The number of ether oxygens (including phenoxy) is 1. The first-order valence-electron chi connectivity index (χ1n) is 8.78. The number of anilines is 2. The monoisotopic (exact) mass is 325 g/mol. The second kappa shape index (κ2) is 8.06. The SMILES string of the molecule is Nc1ccc(OCCN2CCCCC2Cc2ccccc2)cc1N. The molecule has 128 valence electrons. The van der Waals surface area contributed by atoms with Gasteiger partial charge in [0.25, 0.3) is 0 Å². The zero-order chi connectivity index (χ0) is 16.8. The molecule has 4 nitrogen and oxygen atoms in total. The van der Waals surface area contributed by atoms with Gasteiger partial charge in [-0.1, -0.05) is 36.8 Å². The quantitative estimate of drug-likeness (QED) is 0.800. The molecule has 4 N–H and O–H groups in total. The van der Waals surface area contributed by atoms with E-state index in [1.54, 1.807) is 12.1 Å². The minimum absolute atomic E-state index is 0.576. The third-order valence-corrected chi connectivity index (χ3v) is 4.77. The molecule has 1 saturated heterocycles. The van der Waals surface area contributed by atoms with Crippen LogP contribution >= 0.6 is 0 Å². The first kappa shape index (κ1) is 16.7. The molecule has 1 heterocycles. The molecular weight excluding hydrogens is 298 g/mol. The molecule has 1 aliphatic rings. The van der Waals surface area contributed by atoms with E-state index in [0.717, 1.165) is 25.3 Å². The van der Waals surface area contributed by atoms with Gasteiger partial charge < -0.3 is 16.2 Å². The Labute approximate surface area is 144 Å². The fourth-order valence-corrected chi connectivity index (χ4v) is 3.40. The Balaban J connectivity index is 1.53. The van der Waals surface area contributed by atoms with E-state index in [2.05, 4.69) is 35.2 Å². The standard InChI is InChI=1S/C20H27N3O/c21-19-10-9-18(15-20(19)22)24-13-12-23-11-5-4-8-17(23)14-16-6-2-1-3-7-16/h1-3,6-7,9-10,15,17H,4-5,8,11-14,21-22H2. The maximum Gasteiger partial charge on any atom is 0.121 e. The highest BCUT2D eigenvalue weighted by Gasteiger charge is 2.22. The molecule has 2 aromatic rings. The van der Waals surface area contributed by atoms with E-state index in [0.29, 0.717) is 24.0 Å². The van der Waals surface area contributed by atoms with Crippen molar-refractivity contribution >= 4 is 11.4 Å². The topological polar surface area (TPSA) is 64.5 Å². The molecule has 0 bridgehead atoms. The van der Waals surface area contributed by atoms with Gasteiger partial charge in [0.1, 0.15) is 12.4 Å². The molecule has 2 aromatic carbocycles. The van der Waals surface area contributed by atoms with Gasteiger partial charge in [0.15, 0.2) is 0 Å². The van der Waals surface area contributed by atoms with Crippen molar-refractivity contribution in [2.24, 2.45) is 0 Å². The molecule has 1 unspecified atom stereocenters. The van der Waals surface area contributed by atoms with Crippen LogP contribution in [0, 0.1) is 0 Å². The van der Waals surface area contributed by atoms with E-state index < -0.39 is 0 Å². The highest BCUT2D eigenvalue weighted by Crippen LogP contribution is 2.23. The summed E-state index contributed by atoms with van der Waals surface area (Å²) in [5.74, 6) is 0.790. The molecule has 4 heteroatoms. The number of nitrogens with two attached hydrogens (primary N) is 2. The fourth-order valence-electron chi connectivity index (χ4n) is 3.40. The summed E-state index contributed by atoms with van der Waals surface area (Å²) in [6.45, 7) is 2.78. The summed E-state index contributed by atoms with van der Waals surface area (Å²) < 4.78 is 5.87. The summed E-state index contributed by atoms with van der Waals surface area (Å²) in [7, 11) is 0. The first-order valence-corrected chi connectivity index (χ1v) is 8.78. The molecule has 0 spiro atoms. The van der Waals surface area contributed by atoms with Gasteiger partial charge in [-0.25, -0.2) is 0 Å². The van der Waals surface area contributed by atoms with E-state index in [1.165, 1.54) is 24.8 Å². The number of nitrogens with zero attached hydrogens (tertiary/aromatic N) is 1. The molecule has 1 fully saturated rings. The first-order chi connectivity index (χ1) is 11.7. The van der Waals surface area contributed by atoms with Gasteiger partial charge in [0.05, 0.1) is 11.4 Å². The average molecular weight is 325 g/mol. The van der Waals surface area contributed by atoms with Gasteiger partial charge in [0.2, 0.25) is 0 Å². The third-order valence-electron chi connectivity index (χ3n) is 4.77. The van der Waals surface area contributed by atoms with Crippen LogP contribution in [-0.2, 0) is 6.42 Å². The van der Waals surface area contributed by atoms with Crippen LogP contribution in [0.2, 0.25) is 0 Å². The Kier molecular flexibility index (Phi) is 5.59. The molecule has 0 radical (unpaired) electrons. The smallest absolute Gasteiger partial charge is 0.121 e. The fraction of sp³-hybridized carbons (Fsp3) is 0.400. The lowest BCUT2D eigenvalue weighted by atomic mass is 9.96. The van der Waals surface area contributed by atoms with Gasteiger partial charge >= 0.3 is 0 Å². The Morgan fingerprint density at radius 2 is 1.83 bits per heavy atom. The van der Waals surface area contributed by atoms with Crippen LogP contribution in [-0.4, -0.2) is 30.6 Å². The van der Waals surface area contributed by atoms with Crippen molar-refractivity contribution in [2.45, 2.75) is 31.7 Å². The van der Waals surface area contributed by atoms with Crippen molar-refractivity contribution in [2.75, 3.05) is 31.2 Å². The lowest BCUT2D eigenvalue weighted by Gasteiger charge is -2.35. The van der Waals surface area contributed by atoms with Crippen molar-refractivity contribution < 1.29 is 4.74 Å². The van der Waals surface area contributed by atoms with Crippen molar-refractivity contribution in [3.8, 4) is 5.75 Å². The van der Waals surface area contributed by atoms with Crippen molar-refractivity contribution in [1.82, 2.24) is 4.90 Å². The number of rotatable bonds is 6. The van der Waals surface area contributed by atoms with Gasteiger partial charge in [-0.2, -0.15) is 0 Å². The molecule has 0 aliphatic carbocycles. The Hall–Kier alpha value is -2.20. The lowest BCUT2D eigenvalue weighted by Crippen LogP contribution is -2.43. The van der Waals surface area contributed by atoms with Crippen LogP contribution in [0.4, 0.5) is 11.4 Å². The normalized spacial score (nSPS) is 18.4. The highest BCUT2D eigenvalue weighted by atomic mass is 16.5. The summed E-state index contributed by atoms with van der Waals surface area (Å²) in [6.07, 6.45) is 4.99. The third kappa shape index (κ3) is 4.42. The van der Waals surface area contributed by atoms with E-state index in [4.69, 9.17) is 16.2 Å². The van der Waals surface area contributed by atoms with E-state index >= 15 is 0 Å². The van der Waals surface area contributed by atoms with Crippen LogP contribution in [0.1, 0.15) is 24.8 Å². The van der Waals surface area contributed by atoms with Gasteiger partial charge in [-0.3, -0.25) is 4.90 Å². The predicted octanol–water partition coefficient (Wildman–Crippen LogP) is 3.33. The summed E-state index contributed by atoms with van der Waals surface area (Å²) in [5.41, 5.74) is 14.2. The summed E-state index contributed by atoms with van der Waals surface area (Å²) >= 11 is 0. The number of nitrogen functional groups attached to an aromatic ring is 2. The van der Waals surface area contributed by atoms with Crippen LogP contribution in [0.3, 0.4) is 0 Å². The number of benzene rings is 2. The van der Waals surface area contributed by atoms with Gasteiger partial charge in [-0.15, -0.1) is 0 Å². The summed E-state index contributed by atoms with van der Waals surface area (Å²) in [4.78, 5) is 2.57. The summed E-state index contributed by atoms with van der Waals surface area (Å²) in [6, 6.07) is 16.9. The largest absolute Gasteiger partial charge is 0.492 e. The van der Waals surface area contributed by atoms with Crippen LogP contribution in [0.5, 0.6) is 5.75 Å². The van der Waals surface area contributed by atoms with E-state index in [1.807, 2.05) is 6.07 Å². The maximum atomic E-state index is 5.87. The molecule has 0 amide bonds.